The number of aryl methyl sites for hydroxylation is 1. The van der Waals surface area contributed by atoms with Crippen LogP contribution in [-0.4, -0.2) is 18.7 Å². The maximum absolute atomic E-state index is 9.83. The van der Waals surface area contributed by atoms with Gasteiger partial charge in [-0.25, -0.2) is 0 Å². The zero-order valence-electron chi connectivity index (χ0n) is 11.3. The predicted molar refractivity (Wildman–Crippen MR) is 76.6 cm³/mol. The molecule has 2 aromatic rings. The van der Waals surface area contributed by atoms with Crippen molar-refractivity contribution < 1.29 is 9.84 Å². The topological polar surface area (TPSA) is 41.5 Å². The maximum Gasteiger partial charge on any atom is 0.127 e. The van der Waals surface area contributed by atoms with Crippen LogP contribution in [0.2, 0.25) is 0 Å². The van der Waals surface area contributed by atoms with Gasteiger partial charge in [0.15, 0.2) is 0 Å². The molecule has 0 aromatic heterocycles. The quantitative estimate of drug-likeness (QED) is 0.865. The van der Waals surface area contributed by atoms with Gasteiger partial charge < -0.3 is 15.2 Å². The van der Waals surface area contributed by atoms with Crippen molar-refractivity contribution in [2.45, 2.75) is 13.0 Å². The van der Waals surface area contributed by atoms with Crippen molar-refractivity contribution in [2.24, 2.45) is 0 Å². The molecule has 3 heteroatoms. The van der Waals surface area contributed by atoms with Crippen LogP contribution in [-0.2, 0) is 0 Å². The van der Waals surface area contributed by atoms with Gasteiger partial charge in [-0.15, -0.1) is 0 Å². The van der Waals surface area contributed by atoms with Crippen LogP contribution in [0.15, 0.2) is 48.5 Å². The lowest BCUT2D eigenvalue weighted by molar-refractivity contribution is 0.177. The molecule has 0 saturated carbocycles. The van der Waals surface area contributed by atoms with Crippen molar-refractivity contribution in [3.05, 3.63) is 59.7 Å². The fourth-order valence-electron chi connectivity index (χ4n) is 1.88. The summed E-state index contributed by atoms with van der Waals surface area (Å²) in [7, 11) is 1.82. The van der Waals surface area contributed by atoms with Crippen LogP contribution in [0.4, 0.5) is 0 Å². The second kappa shape index (κ2) is 6.36. The Bertz CT molecular complexity index is 523. The van der Waals surface area contributed by atoms with E-state index in [4.69, 9.17) is 4.74 Å². The average Bonchev–Trinajstić information content (AvgIpc) is 2.40. The van der Waals surface area contributed by atoms with E-state index < -0.39 is 6.10 Å². The van der Waals surface area contributed by atoms with E-state index in [0.717, 1.165) is 17.1 Å². The van der Waals surface area contributed by atoms with Gasteiger partial charge in [0.25, 0.3) is 0 Å². The van der Waals surface area contributed by atoms with E-state index in [-0.39, 0.29) is 0 Å². The Hall–Kier alpha value is -1.84. The van der Waals surface area contributed by atoms with Crippen molar-refractivity contribution in [3.63, 3.8) is 0 Å². The first-order chi connectivity index (χ1) is 9.19. The number of aliphatic hydroxyl groups is 1. The molecule has 0 aliphatic carbocycles. The van der Waals surface area contributed by atoms with Gasteiger partial charge in [-0.05, 0) is 49.4 Å². The highest BCUT2D eigenvalue weighted by molar-refractivity contribution is 5.35. The van der Waals surface area contributed by atoms with Crippen LogP contribution in [0.1, 0.15) is 17.2 Å². The summed E-state index contributed by atoms with van der Waals surface area (Å²) in [6.07, 6.45) is -0.488. The summed E-state index contributed by atoms with van der Waals surface area (Å²) in [5.41, 5.74) is 2.05. The molecule has 0 bridgehead atoms. The van der Waals surface area contributed by atoms with Gasteiger partial charge in [0.05, 0.1) is 6.10 Å². The molecule has 0 aliphatic rings. The van der Waals surface area contributed by atoms with Gasteiger partial charge in [-0.2, -0.15) is 0 Å². The molecule has 100 valence electrons. The number of rotatable bonds is 5. The van der Waals surface area contributed by atoms with Gasteiger partial charge in [0.1, 0.15) is 11.5 Å². The minimum Gasteiger partial charge on any atom is -0.457 e. The van der Waals surface area contributed by atoms with Crippen molar-refractivity contribution in [1.29, 1.82) is 0 Å². The minimum absolute atomic E-state index is 0.488. The van der Waals surface area contributed by atoms with Gasteiger partial charge >= 0.3 is 0 Å². The van der Waals surface area contributed by atoms with Crippen molar-refractivity contribution in [1.82, 2.24) is 5.32 Å². The summed E-state index contributed by atoms with van der Waals surface area (Å²) >= 11 is 0. The van der Waals surface area contributed by atoms with Gasteiger partial charge in [-0.3, -0.25) is 0 Å². The molecule has 2 N–H and O–H groups in total. The third kappa shape index (κ3) is 3.81. The summed E-state index contributed by atoms with van der Waals surface area (Å²) in [5.74, 6) is 1.59. The zero-order valence-corrected chi connectivity index (χ0v) is 11.3. The van der Waals surface area contributed by atoms with Crippen LogP contribution in [0.3, 0.4) is 0 Å². The first-order valence-electron chi connectivity index (χ1n) is 6.36. The molecule has 1 atom stereocenters. The Morgan fingerprint density at radius 2 is 1.84 bits per heavy atom. The lowest BCUT2D eigenvalue weighted by Gasteiger charge is -2.11. The highest BCUT2D eigenvalue weighted by Gasteiger charge is 2.06. The molecule has 0 saturated heterocycles. The summed E-state index contributed by atoms with van der Waals surface area (Å²) in [6, 6.07) is 15.4. The summed E-state index contributed by atoms with van der Waals surface area (Å²) in [4.78, 5) is 0. The number of hydrogen-bond donors (Lipinski definition) is 2. The first-order valence-corrected chi connectivity index (χ1v) is 6.36. The first kappa shape index (κ1) is 13.6. The molecule has 0 radical (unpaired) electrons. The number of hydrogen-bond acceptors (Lipinski definition) is 3. The smallest absolute Gasteiger partial charge is 0.127 e. The maximum atomic E-state index is 9.83. The molecule has 0 amide bonds. The van der Waals surface area contributed by atoms with E-state index >= 15 is 0 Å². The number of aliphatic hydroxyl groups excluding tert-OH is 1. The molecule has 2 rings (SSSR count). The summed E-state index contributed by atoms with van der Waals surface area (Å²) < 4.78 is 5.76. The molecule has 1 unspecified atom stereocenters. The van der Waals surface area contributed by atoms with Crippen molar-refractivity contribution in [2.75, 3.05) is 13.6 Å². The molecule has 0 fully saturated rings. The lowest BCUT2D eigenvalue weighted by Crippen LogP contribution is -2.16. The van der Waals surface area contributed by atoms with E-state index in [0.29, 0.717) is 6.54 Å². The highest BCUT2D eigenvalue weighted by Crippen LogP contribution is 2.23. The largest absolute Gasteiger partial charge is 0.457 e. The molecule has 0 spiro atoms. The molecule has 19 heavy (non-hydrogen) atoms. The third-order valence-electron chi connectivity index (χ3n) is 2.89. The van der Waals surface area contributed by atoms with E-state index in [9.17, 15) is 5.11 Å². The molecular weight excluding hydrogens is 238 g/mol. The fourth-order valence-corrected chi connectivity index (χ4v) is 1.88. The number of ether oxygens (including phenoxy) is 1. The Morgan fingerprint density at radius 1 is 1.11 bits per heavy atom. The van der Waals surface area contributed by atoms with Crippen molar-refractivity contribution >= 4 is 0 Å². The number of nitrogens with one attached hydrogen (secondary N) is 1. The molecule has 2 aromatic carbocycles. The molecular formula is C16H19NO2. The van der Waals surface area contributed by atoms with Crippen LogP contribution in [0.25, 0.3) is 0 Å². The summed E-state index contributed by atoms with van der Waals surface area (Å²) in [5, 5.41) is 12.8. The highest BCUT2D eigenvalue weighted by atomic mass is 16.5. The van der Waals surface area contributed by atoms with E-state index in [1.165, 1.54) is 5.56 Å². The second-order valence-corrected chi connectivity index (χ2v) is 4.56. The van der Waals surface area contributed by atoms with Gasteiger partial charge in [0, 0.05) is 6.54 Å². The molecule has 3 nitrogen and oxygen atoms in total. The van der Waals surface area contributed by atoms with Crippen LogP contribution in [0, 0.1) is 6.92 Å². The SMILES string of the molecule is CNCC(O)c1ccc(Oc2cccc(C)c2)cc1. The minimum atomic E-state index is -0.488. The molecule has 0 aliphatic heterocycles. The van der Waals surface area contributed by atoms with Crippen LogP contribution < -0.4 is 10.1 Å². The van der Waals surface area contributed by atoms with Gasteiger partial charge in [0.2, 0.25) is 0 Å². The van der Waals surface area contributed by atoms with E-state index in [1.807, 2.05) is 62.5 Å². The Kier molecular flexibility index (Phi) is 4.55. The van der Waals surface area contributed by atoms with Crippen molar-refractivity contribution in [3.8, 4) is 11.5 Å². The van der Waals surface area contributed by atoms with Crippen LogP contribution in [0.5, 0.6) is 11.5 Å². The normalized spacial score (nSPS) is 12.2. The Labute approximate surface area is 113 Å². The van der Waals surface area contributed by atoms with E-state index in [2.05, 4.69) is 5.32 Å². The average molecular weight is 257 g/mol. The lowest BCUT2D eigenvalue weighted by atomic mass is 10.1. The zero-order chi connectivity index (χ0) is 13.7. The Morgan fingerprint density at radius 3 is 2.47 bits per heavy atom. The van der Waals surface area contributed by atoms with Crippen LogP contribution >= 0.6 is 0 Å². The standard InChI is InChI=1S/C16H19NO2/c1-12-4-3-5-15(10-12)19-14-8-6-13(7-9-14)16(18)11-17-2/h3-10,16-18H,11H2,1-2H3. The predicted octanol–water partition coefficient (Wildman–Crippen LogP) is 3.04. The van der Waals surface area contributed by atoms with E-state index in [1.54, 1.807) is 0 Å². The Balaban J connectivity index is 2.06. The second-order valence-electron chi connectivity index (χ2n) is 4.56. The third-order valence-corrected chi connectivity index (χ3v) is 2.89. The number of benzene rings is 2. The number of likely N-dealkylation sites (N-methyl/N-ethyl adjacent to an activating group) is 1. The monoisotopic (exact) mass is 257 g/mol. The summed E-state index contributed by atoms with van der Waals surface area (Å²) in [6.45, 7) is 2.57. The molecule has 0 heterocycles. The van der Waals surface area contributed by atoms with Gasteiger partial charge in [-0.1, -0.05) is 24.3 Å². The fraction of sp³-hybridized carbons (Fsp3) is 0.250.